The first kappa shape index (κ1) is 11.2. The van der Waals surface area contributed by atoms with Gasteiger partial charge in [0.05, 0.1) is 6.04 Å². The van der Waals surface area contributed by atoms with Crippen molar-refractivity contribution in [3.8, 4) is 0 Å². The summed E-state index contributed by atoms with van der Waals surface area (Å²) in [6.45, 7) is 0. The Labute approximate surface area is 112 Å². The molecule has 2 N–H and O–H groups in total. The Kier molecular flexibility index (Phi) is 2.99. The molecule has 90 valence electrons. The van der Waals surface area contributed by atoms with E-state index in [9.17, 15) is 0 Å². The van der Waals surface area contributed by atoms with Crippen LogP contribution in [0.25, 0.3) is 0 Å². The lowest BCUT2D eigenvalue weighted by Gasteiger charge is -2.17. The van der Waals surface area contributed by atoms with Gasteiger partial charge in [0.25, 0.3) is 0 Å². The lowest BCUT2D eigenvalue weighted by molar-refractivity contribution is 0.655. The standard InChI is InChI=1S/C15H14N2S/c18-15-16-13-9-5-4-8-12(13)10-14(17-15)11-6-2-1-3-7-11/h1-9,14H,10H2,(H2,16,17,18)/t14-/m0/s1. The molecule has 18 heavy (non-hydrogen) atoms. The zero-order valence-corrected chi connectivity index (χ0v) is 10.7. The number of hydrogen-bond donors (Lipinski definition) is 2. The van der Waals surface area contributed by atoms with Crippen LogP contribution in [0.15, 0.2) is 54.6 Å². The molecule has 3 rings (SSSR count). The molecule has 0 radical (unpaired) electrons. The van der Waals surface area contributed by atoms with Crippen LogP contribution in [0.5, 0.6) is 0 Å². The first-order valence-corrected chi connectivity index (χ1v) is 6.44. The second-order valence-corrected chi connectivity index (χ2v) is 4.83. The zero-order chi connectivity index (χ0) is 12.4. The Morgan fingerprint density at radius 1 is 0.944 bits per heavy atom. The summed E-state index contributed by atoms with van der Waals surface area (Å²) >= 11 is 5.32. The lowest BCUT2D eigenvalue weighted by Crippen LogP contribution is -2.30. The number of hydrogen-bond acceptors (Lipinski definition) is 1. The van der Waals surface area contributed by atoms with E-state index in [0.29, 0.717) is 5.11 Å². The molecule has 1 heterocycles. The molecule has 1 aliphatic heterocycles. The molecule has 2 aromatic rings. The third-order valence-corrected chi connectivity index (χ3v) is 3.42. The highest BCUT2D eigenvalue weighted by Crippen LogP contribution is 2.26. The van der Waals surface area contributed by atoms with Crippen LogP contribution in [0.3, 0.4) is 0 Å². The molecule has 0 bridgehead atoms. The molecule has 0 amide bonds. The van der Waals surface area contributed by atoms with Gasteiger partial charge in [-0.3, -0.25) is 0 Å². The van der Waals surface area contributed by atoms with Gasteiger partial charge in [0.2, 0.25) is 0 Å². The predicted molar refractivity (Wildman–Crippen MR) is 78.7 cm³/mol. The van der Waals surface area contributed by atoms with Crippen molar-refractivity contribution >= 4 is 23.0 Å². The first-order valence-electron chi connectivity index (χ1n) is 6.03. The number of fused-ring (bicyclic) bond motifs is 1. The van der Waals surface area contributed by atoms with Gasteiger partial charge < -0.3 is 10.6 Å². The largest absolute Gasteiger partial charge is 0.355 e. The second-order valence-electron chi connectivity index (χ2n) is 4.42. The summed E-state index contributed by atoms with van der Waals surface area (Å²) in [7, 11) is 0. The van der Waals surface area contributed by atoms with Crippen molar-refractivity contribution in [3.63, 3.8) is 0 Å². The Hall–Kier alpha value is -1.87. The van der Waals surface area contributed by atoms with Gasteiger partial charge in [-0.2, -0.15) is 0 Å². The highest BCUT2D eigenvalue weighted by atomic mass is 32.1. The van der Waals surface area contributed by atoms with E-state index in [4.69, 9.17) is 12.2 Å². The maximum absolute atomic E-state index is 5.32. The highest BCUT2D eigenvalue weighted by molar-refractivity contribution is 7.80. The number of thiocarbonyl (C=S) groups is 1. The van der Waals surface area contributed by atoms with E-state index in [1.807, 2.05) is 12.1 Å². The van der Waals surface area contributed by atoms with Gasteiger partial charge in [0.15, 0.2) is 5.11 Å². The molecule has 2 nitrogen and oxygen atoms in total. The van der Waals surface area contributed by atoms with E-state index in [1.165, 1.54) is 11.1 Å². The van der Waals surface area contributed by atoms with Crippen molar-refractivity contribution in [2.45, 2.75) is 12.5 Å². The summed E-state index contributed by atoms with van der Waals surface area (Å²) in [6.07, 6.45) is 0.938. The van der Waals surface area contributed by atoms with Crippen molar-refractivity contribution in [2.24, 2.45) is 0 Å². The molecule has 0 saturated carbocycles. The van der Waals surface area contributed by atoms with Crippen molar-refractivity contribution in [3.05, 3.63) is 65.7 Å². The maximum atomic E-state index is 5.32. The van der Waals surface area contributed by atoms with Crippen LogP contribution < -0.4 is 10.6 Å². The van der Waals surface area contributed by atoms with Crippen LogP contribution in [0.2, 0.25) is 0 Å². The minimum absolute atomic E-state index is 0.231. The Morgan fingerprint density at radius 2 is 1.67 bits per heavy atom. The summed E-state index contributed by atoms with van der Waals surface area (Å²) in [5, 5.41) is 7.29. The quantitative estimate of drug-likeness (QED) is 0.764. The van der Waals surface area contributed by atoms with Crippen molar-refractivity contribution in [1.82, 2.24) is 5.32 Å². The summed E-state index contributed by atoms with van der Waals surface area (Å²) in [5.41, 5.74) is 3.66. The number of benzene rings is 2. The smallest absolute Gasteiger partial charge is 0.171 e. The van der Waals surface area contributed by atoms with Crippen LogP contribution >= 0.6 is 12.2 Å². The molecule has 0 saturated heterocycles. The fourth-order valence-electron chi connectivity index (χ4n) is 2.29. The fraction of sp³-hybridized carbons (Fsp3) is 0.133. The normalized spacial score (nSPS) is 18.2. The molecule has 0 unspecified atom stereocenters. The van der Waals surface area contributed by atoms with E-state index < -0.39 is 0 Å². The zero-order valence-electron chi connectivity index (χ0n) is 9.89. The average Bonchev–Trinajstić information content (AvgIpc) is 2.57. The monoisotopic (exact) mass is 254 g/mol. The van der Waals surface area contributed by atoms with Gasteiger partial charge in [0, 0.05) is 5.69 Å². The van der Waals surface area contributed by atoms with Gasteiger partial charge in [-0.25, -0.2) is 0 Å². The van der Waals surface area contributed by atoms with Crippen LogP contribution in [0.4, 0.5) is 5.69 Å². The fourth-order valence-corrected chi connectivity index (χ4v) is 2.55. The summed E-state index contributed by atoms with van der Waals surface area (Å²) in [6, 6.07) is 19.0. The van der Waals surface area contributed by atoms with Crippen molar-refractivity contribution in [1.29, 1.82) is 0 Å². The summed E-state index contributed by atoms with van der Waals surface area (Å²) < 4.78 is 0. The minimum Gasteiger partial charge on any atom is -0.355 e. The Bertz CT molecular complexity index is 566. The van der Waals surface area contributed by atoms with Crippen molar-refractivity contribution in [2.75, 3.05) is 5.32 Å². The summed E-state index contributed by atoms with van der Waals surface area (Å²) in [5.74, 6) is 0. The molecule has 1 aliphatic rings. The minimum atomic E-state index is 0.231. The third-order valence-electron chi connectivity index (χ3n) is 3.20. The van der Waals surface area contributed by atoms with Crippen LogP contribution in [0.1, 0.15) is 17.2 Å². The average molecular weight is 254 g/mol. The van der Waals surface area contributed by atoms with Crippen LogP contribution in [0, 0.1) is 0 Å². The molecular weight excluding hydrogens is 240 g/mol. The third kappa shape index (κ3) is 2.22. The number of anilines is 1. The van der Waals surface area contributed by atoms with Gasteiger partial charge in [0.1, 0.15) is 0 Å². The molecule has 0 spiro atoms. The SMILES string of the molecule is S=C1Nc2ccccc2C[C@@H](c2ccccc2)N1. The molecule has 1 atom stereocenters. The molecule has 0 fully saturated rings. The molecule has 0 aromatic heterocycles. The Balaban J connectivity index is 1.97. The van der Waals surface area contributed by atoms with E-state index in [1.54, 1.807) is 0 Å². The summed E-state index contributed by atoms with van der Waals surface area (Å²) in [4.78, 5) is 0. The molecule has 0 aliphatic carbocycles. The van der Waals surface area contributed by atoms with E-state index in [2.05, 4.69) is 53.1 Å². The second kappa shape index (κ2) is 4.78. The van der Waals surface area contributed by atoms with Gasteiger partial charge in [-0.15, -0.1) is 0 Å². The molecular formula is C15H14N2S. The first-order chi connectivity index (χ1) is 8.83. The van der Waals surface area contributed by atoms with Crippen LogP contribution in [-0.4, -0.2) is 5.11 Å². The van der Waals surface area contributed by atoms with Gasteiger partial charge in [-0.1, -0.05) is 48.5 Å². The highest BCUT2D eigenvalue weighted by Gasteiger charge is 2.19. The molecule has 3 heteroatoms. The van der Waals surface area contributed by atoms with Gasteiger partial charge >= 0.3 is 0 Å². The number of rotatable bonds is 1. The maximum Gasteiger partial charge on any atom is 0.171 e. The molecule has 2 aromatic carbocycles. The van der Waals surface area contributed by atoms with E-state index in [0.717, 1.165) is 12.1 Å². The van der Waals surface area contributed by atoms with E-state index >= 15 is 0 Å². The van der Waals surface area contributed by atoms with E-state index in [-0.39, 0.29) is 6.04 Å². The van der Waals surface area contributed by atoms with Crippen molar-refractivity contribution < 1.29 is 0 Å². The number of para-hydroxylation sites is 1. The lowest BCUT2D eigenvalue weighted by atomic mass is 9.98. The number of nitrogens with one attached hydrogen (secondary N) is 2. The van der Waals surface area contributed by atoms with Crippen LogP contribution in [-0.2, 0) is 6.42 Å². The topological polar surface area (TPSA) is 24.1 Å². The predicted octanol–water partition coefficient (Wildman–Crippen LogP) is 3.27. The Morgan fingerprint density at radius 3 is 2.50 bits per heavy atom. The van der Waals surface area contributed by atoms with Gasteiger partial charge in [-0.05, 0) is 35.8 Å².